The Kier molecular flexibility index (Phi) is 5.46. The predicted octanol–water partition coefficient (Wildman–Crippen LogP) is 1.90. The van der Waals surface area contributed by atoms with Crippen LogP contribution in [0, 0.1) is 0 Å². The Bertz CT molecular complexity index is 348. The maximum atomic E-state index is 12.2. The Labute approximate surface area is 126 Å². The number of amides is 1. The highest BCUT2D eigenvalue weighted by molar-refractivity contribution is 5.69. The number of ether oxygens (including phenoxy) is 3. The van der Waals surface area contributed by atoms with Crippen LogP contribution in [0.5, 0.6) is 0 Å². The van der Waals surface area contributed by atoms with E-state index in [9.17, 15) is 9.90 Å². The second kappa shape index (κ2) is 6.94. The molecule has 2 fully saturated rings. The third kappa shape index (κ3) is 4.83. The maximum Gasteiger partial charge on any atom is 0.410 e. The highest BCUT2D eigenvalue weighted by atomic mass is 16.7. The lowest BCUT2D eigenvalue weighted by Gasteiger charge is -2.28. The van der Waals surface area contributed by atoms with E-state index in [-0.39, 0.29) is 25.0 Å². The summed E-state index contributed by atoms with van der Waals surface area (Å²) in [5.41, 5.74) is -0.539. The molecular formula is C15H27NO5. The summed E-state index contributed by atoms with van der Waals surface area (Å²) in [6.45, 7) is 6.59. The lowest BCUT2D eigenvalue weighted by molar-refractivity contribution is -0.185. The van der Waals surface area contributed by atoms with Gasteiger partial charge in [-0.15, -0.1) is 0 Å². The topological polar surface area (TPSA) is 68.2 Å². The molecule has 2 aliphatic rings. The van der Waals surface area contributed by atoms with Crippen molar-refractivity contribution in [3.05, 3.63) is 0 Å². The van der Waals surface area contributed by atoms with Gasteiger partial charge in [-0.25, -0.2) is 4.79 Å². The molecule has 3 atom stereocenters. The highest BCUT2D eigenvalue weighted by Gasteiger charge is 2.38. The number of rotatable bonds is 3. The van der Waals surface area contributed by atoms with Gasteiger partial charge in [0.2, 0.25) is 0 Å². The highest BCUT2D eigenvalue weighted by Crippen LogP contribution is 2.26. The Balaban J connectivity index is 1.88. The van der Waals surface area contributed by atoms with Crippen LogP contribution in [-0.4, -0.2) is 59.9 Å². The molecule has 1 amide bonds. The fourth-order valence-electron chi connectivity index (χ4n) is 2.72. The van der Waals surface area contributed by atoms with Gasteiger partial charge in [0.25, 0.3) is 0 Å². The van der Waals surface area contributed by atoms with E-state index >= 15 is 0 Å². The van der Waals surface area contributed by atoms with Gasteiger partial charge < -0.3 is 24.2 Å². The zero-order valence-corrected chi connectivity index (χ0v) is 13.2. The Morgan fingerprint density at radius 1 is 1.38 bits per heavy atom. The van der Waals surface area contributed by atoms with Gasteiger partial charge in [-0.05, 0) is 46.5 Å². The predicted molar refractivity (Wildman–Crippen MR) is 76.9 cm³/mol. The minimum atomic E-state index is -0.539. The smallest absolute Gasteiger partial charge is 0.410 e. The molecule has 0 bridgehead atoms. The lowest BCUT2D eigenvalue weighted by atomic mass is 10.2. The van der Waals surface area contributed by atoms with Crippen LogP contribution < -0.4 is 0 Å². The summed E-state index contributed by atoms with van der Waals surface area (Å²) in [6, 6.07) is -0.242. The van der Waals surface area contributed by atoms with Crippen molar-refractivity contribution in [3.63, 3.8) is 0 Å². The molecule has 0 aromatic carbocycles. The van der Waals surface area contributed by atoms with Crippen LogP contribution in [-0.2, 0) is 14.2 Å². The second-order valence-corrected chi connectivity index (χ2v) is 6.76. The molecule has 6 nitrogen and oxygen atoms in total. The van der Waals surface area contributed by atoms with Gasteiger partial charge in [0.1, 0.15) is 5.60 Å². The van der Waals surface area contributed by atoms with Gasteiger partial charge in [0.05, 0.1) is 25.3 Å². The average Bonchev–Trinajstić information content (AvgIpc) is 2.81. The van der Waals surface area contributed by atoms with Crippen LogP contribution >= 0.6 is 0 Å². The van der Waals surface area contributed by atoms with E-state index in [4.69, 9.17) is 14.2 Å². The molecule has 3 unspecified atom stereocenters. The number of carbonyl (C=O) groups excluding carboxylic acids is 1. The van der Waals surface area contributed by atoms with Crippen LogP contribution in [0.15, 0.2) is 0 Å². The summed E-state index contributed by atoms with van der Waals surface area (Å²) in [5.74, 6) is 0. The van der Waals surface area contributed by atoms with Crippen molar-refractivity contribution in [2.45, 2.75) is 70.5 Å². The van der Waals surface area contributed by atoms with Crippen molar-refractivity contribution < 1.29 is 24.1 Å². The zero-order valence-electron chi connectivity index (χ0n) is 13.2. The van der Waals surface area contributed by atoms with Crippen LogP contribution in [0.1, 0.15) is 46.5 Å². The second-order valence-electron chi connectivity index (χ2n) is 6.76. The van der Waals surface area contributed by atoms with E-state index in [1.54, 1.807) is 4.90 Å². The number of hydrogen-bond donors (Lipinski definition) is 1. The van der Waals surface area contributed by atoms with E-state index in [0.29, 0.717) is 13.0 Å². The molecule has 0 spiro atoms. The first-order valence-electron chi connectivity index (χ1n) is 7.76. The number of nitrogens with zero attached hydrogens (tertiary/aromatic N) is 1. The molecule has 0 saturated carbocycles. The first kappa shape index (κ1) is 16.5. The van der Waals surface area contributed by atoms with Crippen molar-refractivity contribution in [1.82, 2.24) is 4.90 Å². The van der Waals surface area contributed by atoms with Crippen molar-refractivity contribution in [1.29, 1.82) is 0 Å². The molecule has 0 aromatic heterocycles. The fraction of sp³-hybridized carbons (Fsp3) is 0.933. The Morgan fingerprint density at radius 3 is 2.71 bits per heavy atom. The third-order valence-corrected chi connectivity index (χ3v) is 3.70. The average molecular weight is 301 g/mol. The van der Waals surface area contributed by atoms with Gasteiger partial charge in [-0.2, -0.15) is 0 Å². The number of likely N-dealkylation sites (tertiary alicyclic amines) is 1. The molecule has 122 valence electrons. The quantitative estimate of drug-likeness (QED) is 0.862. The minimum absolute atomic E-state index is 0.0787. The number of hydrogen-bond acceptors (Lipinski definition) is 5. The summed E-state index contributed by atoms with van der Waals surface area (Å²) in [6.07, 6.45) is 3.03. The molecule has 0 aliphatic carbocycles. The van der Waals surface area contributed by atoms with Crippen LogP contribution in [0.4, 0.5) is 4.79 Å². The molecule has 0 radical (unpaired) electrons. The molecule has 0 aromatic rings. The molecule has 6 heteroatoms. The van der Waals surface area contributed by atoms with E-state index < -0.39 is 11.7 Å². The van der Waals surface area contributed by atoms with E-state index in [1.807, 2.05) is 20.8 Å². The monoisotopic (exact) mass is 301 g/mol. The number of aliphatic hydroxyl groups is 1. The lowest BCUT2D eigenvalue weighted by Crippen LogP contribution is -2.41. The van der Waals surface area contributed by atoms with E-state index in [1.165, 1.54) is 0 Å². The molecule has 2 saturated heterocycles. The van der Waals surface area contributed by atoms with Gasteiger partial charge >= 0.3 is 6.09 Å². The molecule has 21 heavy (non-hydrogen) atoms. The Hall–Kier alpha value is -0.850. The summed E-state index contributed by atoms with van der Waals surface area (Å²) < 4.78 is 16.9. The van der Waals surface area contributed by atoms with Gasteiger partial charge in [-0.3, -0.25) is 0 Å². The standard InChI is InChI=1S/C15H27NO5/c1-15(2,3)21-14(18)16-9-12(8-11(16)10-17)20-13-6-4-5-7-19-13/h11-13,17H,4-10H2,1-3H3. The molecule has 1 N–H and O–H groups in total. The summed E-state index contributed by atoms with van der Waals surface area (Å²) in [4.78, 5) is 13.7. The van der Waals surface area contributed by atoms with Crippen LogP contribution in [0.2, 0.25) is 0 Å². The largest absolute Gasteiger partial charge is 0.444 e. The van der Waals surface area contributed by atoms with Crippen molar-refractivity contribution in [3.8, 4) is 0 Å². The first-order chi connectivity index (χ1) is 9.89. The Morgan fingerprint density at radius 2 is 2.14 bits per heavy atom. The van der Waals surface area contributed by atoms with Crippen molar-refractivity contribution in [2.75, 3.05) is 19.8 Å². The number of carbonyl (C=O) groups is 1. The van der Waals surface area contributed by atoms with Crippen LogP contribution in [0.25, 0.3) is 0 Å². The number of aliphatic hydroxyl groups excluding tert-OH is 1. The van der Waals surface area contributed by atoms with Crippen molar-refractivity contribution in [2.24, 2.45) is 0 Å². The molecule has 2 heterocycles. The first-order valence-corrected chi connectivity index (χ1v) is 7.76. The van der Waals surface area contributed by atoms with Crippen molar-refractivity contribution >= 4 is 6.09 Å². The minimum Gasteiger partial charge on any atom is -0.444 e. The maximum absolute atomic E-state index is 12.2. The molecule has 2 aliphatic heterocycles. The zero-order chi connectivity index (χ0) is 15.5. The third-order valence-electron chi connectivity index (χ3n) is 3.70. The SMILES string of the molecule is CC(C)(C)OC(=O)N1CC(OC2CCCCO2)CC1CO. The van der Waals surface area contributed by atoms with Gasteiger partial charge in [0, 0.05) is 6.61 Å². The molecule has 2 rings (SSSR count). The summed E-state index contributed by atoms with van der Waals surface area (Å²) in [7, 11) is 0. The fourth-order valence-corrected chi connectivity index (χ4v) is 2.72. The van der Waals surface area contributed by atoms with E-state index in [0.717, 1.165) is 25.9 Å². The summed E-state index contributed by atoms with van der Waals surface area (Å²) in [5, 5.41) is 9.47. The summed E-state index contributed by atoms with van der Waals surface area (Å²) >= 11 is 0. The van der Waals surface area contributed by atoms with Crippen LogP contribution in [0.3, 0.4) is 0 Å². The van der Waals surface area contributed by atoms with Gasteiger partial charge in [0.15, 0.2) is 6.29 Å². The van der Waals surface area contributed by atoms with E-state index in [2.05, 4.69) is 0 Å². The molecular weight excluding hydrogens is 274 g/mol. The van der Waals surface area contributed by atoms with Gasteiger partial charge in [-0.1, -0.05) is 0 Å². The normalized spacial score (nSPS) is 30.5.